The summed E-state index contributed by atoms with van der Waals surface area (Å²) in [6.45, 7) is 1.84. The Balaban J connectivity index is 1.82. The van der Waals surface area contributed by atoms with Crippen LogP contribution in [0.5, 0.6) is 11.5 Å². The van der Waals surface area contributed by atoms with Crippen molar-refractivity contribution in [1.82, 2.24) is 0 Å². The summed E-state index contributed by atoms with van der Waals surface area (Å²) in [6, 6.07) is 9.61. The molecule has 2 aromatic carbocycles. The maximum Gasteiger partial charge on any atom is 0.336 e. The molecule has 1 amide bonds. The number of carbonyl (C=O) groups excluding carboxylic acids is 1. The van der Waals surface area contributed by atoms with E-state index in [0.717, 1.165) is 0 Å². The summed E-state index contributed by atoms with van der Waals surface area (Å²) < 4.78 is 10.4. The Hall–Kier alpha value is -3.02. The zero-order valence-electron chi connectivity index (χ0n) is 11.8. The molecule has 2 N–H and O–H groups in total. The zero-order valence-corrected chi connectivity index (χ0v) is 11.8. The summed E-state index contributed by atoms with van der Waals surface area (Å²) >= 11 is 0. The summed E-state index contributed by atoms with van der Waals surface area (Å²) in [5.74, 6) is -0.266. The van der Waals surface area contributed by atoms with Crippen molar-refractivity contribution in [2.24, 2.45) is 0 Å². The Bertz CT molecular complexity index is 769. The van der Waals surface area contributed by atoms with Gasteiger partial charge in [0.25, 0.3) is 5.91 Å². The smallest absolute Gasteiger partial charge is 0.336 e. The van der Waals surface area contributed by atoms with E-state index in [4.69, 9.17) is 14.6 Å². The Labute approximate surface area is 126 Å². The number of carbonyl (C=O) groups is 2. The maximum absolute atomic E-state index is 12.2. The first kappa shape index (κ1) is 13.9. The van der Waals surface area contributed by atoms with Gasteiger partial charge in [-0.2, -0.15) is 0 Å². The van der Waals surface area contributed by atoms with Gasteiger partial charge in [-0.1, -0.05) is 6.07 Å². The third kappa shape index (κ3) is 2.58. The Morgan fingerprint density at radius 2 is 1.86 bits per heavy atom. The van der Waals surface area contributed by atoms with Crippen LogP contribution in [0.2, 0.25) is 0 Å². The van der Waals surface area contributed by atoms with E-state index in [1.165, 1.54) is 6.07 Å². The number of anilines is 1. The van der Waals surface area contributed by atoms with Crippen molar-refractivity contribution >= 4 is 17.6 Å². The van der Waals surface area contributed by atoms with Gasteiger partial charge in [0.15, 0.2) is 11.5 Å². The van der Waals surface area contributed by atoms with Crippen LogP contribution in [-0.2, 0) is 0 Å². The van der Waals surface area contributed by atoms with Crippen LogP contribution in [0.1, 0.15) is 26.3 Å². The fourth-order valence-electron chi connectivity index (χ4n) is 2.17. The van der Waals surface area contributed by atoms with E-state index in [2.05, 4.69) is 5.32 Å². The fraction of sp³-hybridized carbons (Fsp3) is 0.125. The molecule has 0 spiro atoms. The predicted octanol–water partition coefficient (Wildman–Crippen LogP) is 2.67. The second-order valence-corrected chi connectivity index (χ2v) is 4.86. The van der Waals surface area contributed by atoms with Crippen molar-refractivity contribution in [2.45, 2.75) is 6.92 Å². The highest BCUT2D eigenvalue weighted by Gasteiger charge is 2.17. The highest BCUT2D eigenvalue weighted by Crippen LogP contribution is 2.32. The Morgan fingerprint density at radius 1 is 1.09 bits per heavy atom. The predicted molar refractivity (Wildman–Crippen MR) is 78.7 cm³/mol. The molecule has 1 aliphatic rings. The third-order valence-corrected chi connectivity index (χ3v) is 3.36. The van der Waals surface area contributed by atoms with E-state index in [1.807, 2.05) is 0 Å². The molecule has 1 heterocycles. The van der Waals surface area contributed by atoms with E-state index in [1.54, 1.807) is 37.3 Å². The van der Waals surface area contributed by atoms with Crippen LogP contribution >= 0.6 is 0 Å². The second kappa shape index (κ2) is 5.40. The molecule has 0 atom stereocenters. The number of fused-ring (bicyclic) bond motifs is 1. The number of rotatable bonds is 3. The molecule has 0 saturated carbocycles. The van der Waals surface area contributed by atoms with Gasteiger partial charge in [0, 0.05) is 11.3 Å². The quantitative estimate of drug-likeness (QED) is 0.910. The van der Waals surface area contributed by atoms with Gasteiger partial charge in [-0.25, -0.2) is 4.79 Å². The number of benzene rings is 2. The number of carboxylic acids is 1. The summed E-state index contributed by atoms with van der Waals surface area (Å²) in [7, 11) is 0. The normalized spacial score (nSPS) is 12.0. The van der Waals surface area contributed by atoms with Crippen molar-refractivity contribution in [2.75, 3.05) is 12.1 Å². The lowest BCUT2D eigenvalue weighted by atomic mass is 10.1. The maximum atomic E-state index is 12.2. The van der Waals surface area contributed by atoms with E-state index in [-0.39, 0.29) is 18.3 Å². The molecular formula is C16H13NO5. The first-order valence-electron chi connectivity index (χ1n) is 6.59. The molecular weight excluding hydrogens is 286 g/mol. The van der Waals surface area contributed by atoms with Crippen LogP contribution in [0.25, 0.3) is 0 Å². The van der Waals surface area contributed by atoms with E-state index >= 15 is 0 Å². The molecule has 22 heavy (non-hydrogen) atoms. The van der Waals surface area contributed by atoms with Crippen molar-refractivity contribution in [3.63, 3.8) is 0 Å². The number of amides is 1. The number of carboxylic acid groups (broad SMARTS) is 1. The summed E-state index contributed by atoms with van der Waals surface area (Å²) in [5, 5.41) is 11.8. The number of aryl methyl sites for hydroxylation is 1. The van der Waals surface area contributed by atoms with Crippen molar-refractivity contribution in [1.29, 1.82) is 0 Å². The lowest BCUT2D eigenvalue weighted by molar-refractivity contribution is 0.0695. The first-order chi connectivity index (χ1) is 10.5. The number of hydrogen-bond acceptors (Lipinski definition) is 4. The standard InChI is InChI=1S/C16H13NO5/c1-9-2-4-11(7-12(9)16(19)20)17-15(18)10-3-5-13-14(6-10)22-8-21-13/h2-7H,8H2,1H3,(H,17,18)(H,19,20). The minimum Gasteiger partial charge on any atom is -0.478 e. The van der Waals surface area contributed by atoms with Gasteiger partial charge < -0.3 is 19.9 Å². The van der Waals surface area contributed by atoms with Gasteiger partial charge in [0.05, 0.1) is 5.56 Å². The molecule has 0 fully saturated rings. The van der Waals surface area contributed by atoms with Crippen molar-refractivity contribution in [3.05, 3.63) is 53.1 Å². The number of hydrogen-bond donors (Lipinski definition) is 2. The monoisotopic (exact) mass is 299 g/mol. The fourth-order valence-corrected chi connectivity index (χ4v) is 2.17. The molecule has 3 rings (SSSR count). The minimum absolute atomic E-state index is 0.139. The molecule has 0 saturated heterocycles. The highest BCUT2D eigenvalue weighted by atomic mass is 16.7. The lowest BCUT2D eigenvalue weighted by Crippen LogP contribution is -2.12. The largest absolute Gasteiger partial charge is 0.478 e. The van der Waals surface area contributed by atoms with Crippen LogP contribution < -0.4 is 14.8 Å². The Morgan fingerprint density at radius 3 is 2.64 bits per heavy atom. The molecule has 0 unspecified atom stereocenters. The number of aromatic carboxylic acids is 1. The van der Waals surface area contributed by atoms with Crippen LogP contribution in [0.3, 0.4) is 0 Å². The third-order valence-electron chi connectivity index (χ3n) is 3.36. The molecule has 6 nitrogen and oxygen atoms in total. The van der Waals surface area contributed by atoms with Crippen LogP contribution in [0, 0.1) is 6.92 Å². The molecule has 0 radical (unpaired) electrons. The van der Waals surface area contributed by atoms with E-state index < -0.39 is 5.97 Å². The first-order valence-corrected chi connectivity index (χ1v) is 6.59. The van der Waals surface area contributed by atoms with Gasteiger partial charge in [0.2, 0.25) is 6.79 Å². The summed E-state index contributed by atoms with van der Waals surface area (Å²) in [5.41, 5.74) is 1.62. The van der Waals surface area contributed by atoms with E-state index in [9.17, 15) is 9.59 Å². The van der Waals surface area contributed by atoms with E-state index in [0.29, 0.717) is 28.3 Å². The number of ether oxygens (including phenoxy) is 2. The molecule has 1 aliphatic heterocycles. The van der Waals surface area contributed by atoms with Crippen molar-refractivity contribution < 1.29 is 24.2 Å². The molecule has 6 heteroatoms. The highest BCUT2D eigenvalue weighted by molar-refractivity contribution is 6.05. The van der Waals surface area contributed by atoms with Gasteiger partial charge in [-0.3, -0.25) is 4.79 Å². The van der Waals surface area contributed by atoms with Gasteiger partial charge in [0.1, 0.15) is 0 Å². The van der Waals surface area contributed by atoms with Crippen LogP contribution in [0.4, 0.5) is 5.69 Å². The van der Waals surface area contributed by atoms with Crippen molar-refractivity contribution in [3.8, 4) is 11.5 Å². The lowest BCUT2D eigenvalue weighted by Gasteiger charge is -2.08. The molecule has 0 aliphatic carbocycles. The topological polar surface area (TPSA) is 84.9 Å². The zero-order chi connectivity index (χ0) is 15.7. The average molecular weight is 299 g/mol. The average Bonchev–Trinajstić information content (AvgIpc) is 2.96. The van der Waals surface area contributed by atoms with Gasteiger partial charge in [-0.15, -0.1) is 0 Å². The molecule has 0 aromatic heterocycles. The summed E-state index contributed by atoms with van der Waals surface area (Å²) in [4.78, 5) is 23.3. The number of nitrogens with one attached hydrogen (secondary N) is 1. The Kier molecular flexibility index (Phi) is 3.42. The molecule has 0 bridgehead atoms. The second-order valence-electron chi connectivity index (χ2n) is 4.86. The SMILES string of the molecule is Cc1ccc(NC(=O)c2ccc3c(c2)OCO3)cc1C(=O)O. The molecule has 2 aromatic rings. The summed E-state index contributed by atoms with van der Waals surface area (Å²) in [6.07, 6.45) is 0. The van der Waals surface area contributed by atoms with Crippen LogP contribution in [0.15, 0.2) is 36.4 Å². The van der Waals surface area contributed by atoms with Crippen LogP contribution in [-0.4, -0.2) is 23.8 Å². The molecule has 112 valence electrons. The van der Waals surface area contributed by atoms with Gasteiger partial charge in [-0.05, 0) is 42.8 Å². The van der Waals surface area contributed by atoms with Gasteiger partial charge >= 0.3 is 5.97 Å². The minimum atomic E-state index is -1.03.